The van der Waals surface area contributed by atoms with Crippen molar-refractivity contribution in [2.24, 2.45) is 0 Å². The molecule has 0 radical (unpaired) electrons. The van der Waals surface area contributed by atoms with E-state index in [9.17, 15) is 4.39 Å². The van der Waals surface area contributed by atoms with Gasteiger partial charge in [0.15, 0.2) is 0 Å². The second kappa shape index (κ2) is 6.51. The number of hydrogen-bond donors (Lipinski definition) is 1. The molecule has 0 saturated carbocycles. The lowest BCUT2D eigenvalue weighted by Crippen LogP contribution is -2.19. The Bertz CT molecular complexity index is 574. The molecule has 1 N–H and O–H groups in total. The molecule has 1 unspecified atom stereocenters. The van der Waals surface area contributed by atoms with Gasteiger partial charge in [0, 0.05) is 11.1 Å². The fourth-order valence-corrected chi connectivity index (χ4v) is 2.47. The number of nitrogens with one attached hydrogen (secondary N) is 1. The molecule has 1 nitrogen and oxygen atoms in total. The van der Waals surface area contributed by atoms with Crippen LogP contribution >= 0.6 is 27.5 Å². The van der Waals surface area contributed by atoms with Gasteiger partial charge in [-0.3, -0.25) is 0 Å². The Labute approximate surface area is 125 Å². The van der Waals surface area contributed by atoms with E-state index in [0.717, 1.165) is 17.5 Å². The van der Waals surface area contributed by atoms with Crippen LogP contribution in [0.3, 0.4) is 0 Å². The normalized spacial score (nSPS) is 12.4. The van der Waals surface area contributed by atoms with Crippen molar-refractivity contribution in [3.63, 3.8) is 0 Å². The summed E-state index contributed by atoms with van der Waals surface area (Å²) in [4.78, 5) is 0. The van der Waals surface area contributed by atoms with Crippen LogP contribution in [0.5, 0.6) is 0 Å². The highest BCUT2D eigenvalue weighted by Gasteiger charge is 2.12. The number of rotatable bonds is 4. The highest BCUT2D eigenvalue weighted by molar-refractivity contribution is 9.10. The van der Waals surface area contributed by atoms with Gasteiger partial charge in [0.2, 0.25) is 0 Å². The monoisotopic (exact) mass is 341 g/mol. The van der Waals surface area contributed by atoms with Gasteiger partial charge in [-0.1, -0.05) is 29.8 Å². The molecule has 0 aliphatic heterocycles. The molecule has 100 valence electrons. The van der Waals surface area contributed by atoms with E-state index >= 15 is 0 Å². The van der Waals surface area contributed by atoms with Gasteiger partial charge < -0.3 is 5.32 Å². The minimum absolute atomic E-state index is 0.0565. The maximum Gasteiger partial charge on any atom is 0.137 e. The predicted molar refractivity (Wildman–Crippen MR) is 81.1 cm³/mol. The molecule has 0 spiro atoms. The third-order valence-corrected chi connectivity index (χ3v) is 3.90. The van der Waals surface area contributed by atoms with E-state index in [1.54, 1.807) is 12.1 Å². The van der Waals surface area contributed by atoms with Crippen LogP contribution in [0.4, 0.5) is 4.39 Å². The molecule has 0 amide bonds. The van der Waals surface area contributed by atoms with Crippen LogP contribution in [-0.2, 0) is 6.42 Å². The lowest BCUT2D eigenvalue weighted by Gasteiger charge is -2.17. The van der Waals surface area contributed by atoms with E-state index in [2.05, 4.69) is 21.2 Å². The quantitative estimate of drug-likeness (QED) is 0.846. The topological polar surface area (TPSA) is 12.0 Å². The van der Waals surface area contributed by atoms with Crippen molar-refractivity contribution in [3.8, 4) is 0 Å². The maximum absolute atomic E-state index is 13.6. The summed E-state index contributed by atoms with van der Waals surface area (Å²) >= 11 is 9.14. The van der Waals surface area contributed by atoms with Crippen LogP contribution in [0.2, 0.25) is 5.02 Å². The molecule has 1 atom stereocenters. The number of halogens is 3. The van der Waals surface area contributed by atoms with Crippen molar-refractivity contribution < 1.29 is 4.39 Å². The van der Waals surface area contributed by atoms with Gasteiger partial charge >= 0.3 is 0 Å². The molecule has 0 saturated heterocycles. The van der Waals surface area contributed by atoms with Gasteiger partial charge in [-0.2, -0.15) is 0 Å². The second-order valence-corrected chi connectivity index (χ2v) is 5.64. The number of hydrogen-bond acceptors (Lipinski definition) is 1. The predicted octanol–water partition coefficient (Wildman–Crippen LogP) is 4.74. The molecule has 4 heteroatoms. The minimum Gasteiger partial charge on any atom is -0.313 e. The van der Waals surface area contributed by atoms with Crippen molar-refractivity contribution in [2.45, 2.75) is 12.5 Å². The van der Waals surface area contributed by atoms with Crippen molar-refractivity contribution in [2.75, 3.05) is 7.05 Å². The molecule has 0 heterocycles. The molecular formula is C15H14BrClFN. The molecule has 2 aromatic carbocycles. The van der Waals surface area contributed by atoms with Crippen molar-refractivity contribution >= 4 is 27.5 Å². The standard InChI is InChI=1S/C15H14BrClFN/c1-19-15(8-10-3-2-4-12(17)7-10)11-5-6-13(16)14(18)9-11/h2-7,9,15,19H,8H2,1H3. The van der Waals surface area contributed by atoms with E-state index in [0.29, 0.717) is 9.50 Å². The van der Waals surface area contributed by atoms with Crippen molar-refractivity contribution in [1.82, 2.24) is 5.32 Å². The molecule has 0 fully saturated rings. The fourth-order valence-electron chi connectivity index (χ4n) is 2.02. The Kier molecular flexibility index (Phi) is 4.97. The molecule has 0 bridgehead atoms. The Morgan fingerprint density at radius 2 is 2.05 bits per heavy atom. The first-order valence-corrected chi connectivity index (χ1v) is 7.14. The average Bonchev–Trinajstić information content (AvgIpc) is 2.39. The average molecular weight is 343 g/mol. The zero-order chi connectivity index (χ0) is 13.8. The lowest BCUT2D eigenvalue weighted by atomic mass is 9.99. The molecule has 19 heavy (non-hydrogen) atoms. The Morgan fingerprint density at radius 3 is 2.68 bits per heavy atom. The SMILES string of the molecule is CNC(Cc1cccc(Cl)c1)c1ccc(Br)c(F)c1. The van der Waals surface area contributed by atoms with Gasteiger partial charge in [-0.05, 0) is 64.8 Å². The van der Waals surface area contributed by atoms with Gasteiger partial charge in [0.1, 0.15) is 5.82 Å². The summed E-state index contributed by atoms with van der Waals surface area (Å²) < 4.78 is 14.1. The van der Waals surface area contributed by atoms with Crippen molar-refractivity contribution in [1.29, 1.82) is 0 Å². The van der Waals surface area contributed by atoms with Crippen LogP contribution in [0.1, 0.15) is 17.2 Å². The third kappa shape index (κ3) is 3.78. The van der Waals surface area contributed by atoms with Crippen LogP contribution < -0.4 is 5.32 Å². The molecule has 0 aliphatic carbocycles. The highest BCUT2D eigenvalue weighted by atomic mass is 79.9. The van der Waals surface area contributed by atoms with Crippen LogP contribution in [-0.4, -0.2) is 7.05 Å². The highest BCUT2D eigenvalue weighted by Crippen LogP contribution is 2.24. The maximum atomic E-state index is 13.6. The molecule has 2 aromatic rings. The lowest BCUT2D eigenvalue weighted by molar-refractivity contribution is 0.575. The first-order valence-electron chi connectivity index (χ1n) is 5.97. The van der Waals surface area contributed by atoms with E-state index in [1.807, 2.05) is 37.4 Å². The molecule has 0 aliphatic rings. The largest absolute Gasteiger partial charge is 0.313 e. The molecule has 0 aromatic heterocycles. The van der Waals surface area contributed by atoms with E-state index < -0.39 is 0 Å². The first kappa shape index (κ1) is 14.5. The Hall–Kier alpha value is -0.900. The van der Waals surface area contributed by atoms with Gasteiger partial charge in [-0.25, -0.2) is 4.39 Å². The van der Waals surface area contributed by atoms with E-state index in [-0.39, 0.29) is 11.9 Å². The molecular weight excluding hydrogens is 329 g/mol. The summed E-state index contributed by atoms with van der Waals surface area (Å²) in [6, 6.07) is 13.0. The van der Waals surface area contributed by atoms with Crippen LogP contribution in [0.15, 0.2) is 46.9 Å². The van der Waals surface area contributed by atoms with Gasteiger partial charge in [0.05, 0.1) is 4.47 Å². The zero-order valence-electron chi connectivity index (χ0n) is 10.5. The Balaban J connectivity index is 2.22. The summed E-state index contributed by atoms with van der Waals surface area (Å²) in [5, 5.41) is 3.92. The number of likely N-dealkylation sites (N-methyl/N-ethyl adjacent to an activating group) is 1. The fraction of sp³-hybridized carbons (Fsp3) is 0.200. The summed E-state index contributed by atoms with van der Waals surface area (Å²) in [5.41, 5.74) is 2.04. The van der Waals surface area contributed by atoms with Gasteiger partial charge in [0.25, 0.3) is 0 Å². The van der Waals surface area contributed by atoms with E-state index in [1.165, 1.54) is 0 Å². The molecule has 2 rings (SSSR count). The first-order chi connectivity index (χ1) is 9.10. The third-order valence-electron chi connectivity index (χ3n) is 3.02. The summed E-state index contributed by atoms with van der Waals surface area (Å²) in [6.07, 6.45) is 0.762. The number of benzene rings is 2. The smallest absolute Gasteiger partial charge is 0.137 e. The van der Waals surface area contributed by atoms with E-state index in [4.69, 9.17) is 11.6 Å². The summed E-state index contributed by atoms with van der Waals surface area (Å²) in [7, 11) is 1.87. The van der Waals surface area contributed by atoms with Crippen LogP contribution in [0.25, 0.3) is 0 Å². The summed E-state index contributed by atoms with van der Waals surface area (Å²) in [6.45, 7) is 0. The minimum atomic E-state index is -0.246. The van der Waals surface area contributed by atoms with Crippen molar-refractivity contribution in [3.05, 3.63) is 68.9 Å². The Morgan fingerprint density at radius 1 is 1.26 bits per heavy atom. The van der Waals surface area contributed by atoms with Gasteiger partial charge in [-0.15, -0.1) is 0 Å². The second-order valence-electron chi connectivity index (χ2n) is 4.35. The van der Waals surface area contributed by atoms with Crippen LogP contribution in [0, 0.1) is 5.82 Å². The zero-order valence-corrected chi connectivity index (χ0v) is 12.8. The summed E-state index contributed by atoms with van der Waals surface area (Å²) in [5.74, 6) is -0.246.